The predicted molar refractivity (Wildman–Crippen MR) is 128 cm³/mol. The van der Waals surface area contributed by atoms with E-state index in [2.05, 4.69) is 59.3 Å². The standard InChI is InChI=1S/C28H30N2O3/c1-18-25(13-8-20-4-2-14-29-27(18)20)19-6-11-23(12-7-19)33-24-16-21-9-10-22(17-24)30(21)28(31)26-5-3-15-32-26/h2,4,6-8,11-14,21-22,24,26H,3,5,9-10,15-17H2,1H3/t21-,22+,24+,26-/m1/s1. The molecule has 0 spiro atoms. The van der Waals surface area contributed by atoms with Crippen LogP contribution in [0.25, 0.3) is 22.0 Å². The molecule has 33 heavy (non-hydrogen) atoms. The molecule has 0 N–H and O–H groups in total. The second-order valence-corrected chi connectivity index (χ2v) is 9.68. The Morgan fingerprint density at radius 3 is 2.55 bits per heavy atom. The van der Waals surface area contributed by atoms with E-state index in [1.165, 1.54) is 16.7 Å². The number of carbonyl (C=O) groups is 1. The highest BCUT2D eigenvalue weighted by molar-refractivity contribution is 5.88. The van der Waals surface area contributed by atoms with Gasteiger partial charge in [-0.2, -0.15) is 0 Å². The molecule has 2 aromatic carbocycles. The monoisotopic (exact) mass is 442 g/mol. The Morgan fingerprint density at radius 1 is 1.03 bits per heavy atom. The van der Waals surface area contributed by atoms with Crippen molar-refractivity contribution in [3.8, 4) is 16.9 Å². The number of aromatic nitrogens is 1. The number of hydrogen-bond donors (Lipinski definition) is 0. The topological polar surface area (TPSA) is 51.7 Å². The highest BCUT2D eigenvalue weighted by atomic mass is 16.5. The fourth-order valence-corrected chi connectivity index (χ4v) is 6.03. The van der Waals surface area contributed by atoms with Crippen LogP contribution < -0.4 is 4.74 Å². The second-order valence-electron chi connectivity index (χ2n) is 9.68. The van der Waals surface area contributed by atoms with Gasteiger partial charge in [-0.25, -0.2) is 0 Å². The molecule has 6 rings (SSSR count). The van der Waals surface area contributed by atoms with Gasteiger partial charge in [0.25, 0.3) is 5.91 Å². The number of amides is 1. The molecule has 3 fully saturated rings. The summed E-state index contributed by atoms with van der Waals surface area (Å²) in [5.74, 6) is 1.11. The van der Waals surface area contributed by atoms with E-state index in [4.69, 9.17) is 9.47 Å². The lowest BCUT2D eigenvalue weighted by atomic mass is 9.97. The maximum absolute atomic E-state index is 13.0. The van der Waals surface area contributed by atoms with Gasteiger partial charge in [0.15, 0.2) is 0 Å². The number of piperidine rings is 1. The highest BCUT2D eigenvalue weighted by Gasteiger charge is 2.46. The van der Waals surface area contributed by atoms with Crippen LogP contribution in [0.4, 0.5) is 0 Å². The number of benzene rings is 2. The van der Waals surface area contributed by atoms with Crippen molar-refractivity contribution < 1.29 is 14.3 Å². The smallest absolute Gasteiger partial charge is 0.252 e. The van der Waals surface area contributed by atoms with Gasteiger partial charge < -0.3 is 14.4 Å². The van der Waals surface area contributed by atoms with E-state index in [1.54, 1.807) is 0 Å². The van der Waals surface area contributed by atoms with Gasteiger partial charge in [-0.1, -0.05) is 30.3 Å². The average molecular weight is 443 g/mol. The Morgan fingerprint density at radius 2 is 1.82 bits per heavy atom. The normalized spacial score (nSPS) is 26.6. The molecule has 3 aromatic rings. The van der Waals surface area contributed by atoms with Gasteiger partial charge in [-0.3, -0.25) is 9.78 Å². The Labute approximate surface area is 194 Å². The van der Waals surface area contributed by atoms with Crippen LogP contribution in [0.1, 0.15) is 44.1 Å². The minimum absolute atomic E-state index is 0.161. The average Bonchev–Trinajstić information content (AvgIpc) is 3.47. The number of fused-ring (bicyclic) bond motifs is 3. The summed E-state index contributed by atoms with van der Waals surface area (Å²) in [4.78, 5) is 19.7. The minimum Gasteiger partial charge on any atom is -0.490 e. The number of carbonyl (C=O) groups excluding carboxylic acids is 1. The molecule has 3 aliphatic heterocycles. The molecule has 170 valence electrons. The van der Waals surface area contributed by atoms with Crippen LogP contribution in [0.3, 0.4) is 0 Å². The summed E-state index contributed by atoms with van der Waals surface area (Å²) < 4.78 is 12.1. The lowest BCUT2D eigenvalue weighted by Crippen LogP contribution is -2.52. The van der Waals surface area contributed by atoms with Crippen LogP contribution in [-0.4, -0.2) is 46.7 Å². The van der Waals surface area contributed by atoms with Crippen LogP contribution in [0.2, 0.25) is 0 Å². The number of aryl methyl sites for hydroxylation is 1. The van der Waals surface area contributed by atoms with E-state index in [-0.39, 0.29) is 30.2 Å². The summed E-state index contributed by atoms with van der Waals surface area (Å²) in [5, 5.41) is 1.16. The first-order chi connectivity index (χ1) is 16.2. The van der Waals surface area contributed by atoms with Crippen LogP contribution >= 0.6 is 0 Å². The molecule has 0 radical (unpaired) electrons. The third-order valence-corrected chi connectivity index (χ3v) is 7.65. The fraction of sp³-hybridized carbons (Fsp3) is 0.429. The van der Waals surface area contributed by atoms with E-state index in [0.29, 0.717) is 0 Å². The van der Waals surface area contributed by atoms with Crippen molar-refractivity contribution in [1.82, 2.24) is 9.88 Å². The Bertz CT molecular complexity index is 1160. The number of pyridine rings is 1. The summed E-state index contributed by atoms with van der Waals surface area (Å²) >= 11 is 0. The lowest BCUT2D eigenvalue weighted by Gasteiger charge is -2.39. The number of rotatable bonds is 4. The van der Waals surface area contributed by atoms with Gasteiger partial charge >= 0.3 is 0 Å². The molecule has 2 bridgehead atoms. The predicted octanol–water partition coefficient (Wildman–Crippen LogP) is 5.29. The maximum Gasteiger partial charge on any atom is 0.252 e. The fourth-order valence-electron chi connectivity index (χ4n) is 6.03. The van der Waals surface area contributed by atoms with Crippen molar-refractivity contribution in [2.75, 3.05) is 6.61 Å². The van der Waals surface area contributed by atoms with Crippen molar-refractivity contribution in [3.05, 3.63) is 60.3 Å². The third kappa shape index (κ3) is 3.78. The summed E-state index contributed by atoms with van der Waals surface area (Å²) in [7, 11) is 0. The molecule has 0 saturated carbocycles. The van der Waals surface area contributed by atoms with Gasteiger partial charge in [0.2, 0.25) is 0 Å². The molecule has 4 heterocycles. The molecular weight excluding hydrogens is 412 g/mol. The van der Waals surface area contributed by atoms with Crippen LogP contribution in [0.15, 0.2) is 54.7 Å². The van der Waals surface area contributed by atoms with Crippen molar-refractivity contribution >= 4 is 16.8 Å². The summed E-state index contributed by atoms with van der Waals surface area (Å²) in [6.07, 6.45) is 7.64. The first kappa shape index (κ1) is 20.7. The van der Waals surface area contributed by atoms with Crippen molar-refractivity contribution in [3.63, 3.8) is 0 Å². The zero-order valence-corrected chi connectivity index (χ0v) is 19.1. The van der Waals surface area contributed by atoms with Gasteiger partial charge in [-0.15, -0.1) is 0 Å². The minimum atomic E-state index is -0.216. The van der Waals surface area contributed by atoms with Gasteiger partial charge in [0.1, 0.15) is 18.0 Å². The number of ether oxygens (including phenoxy) is 2. The molecule has 0 aliphatic carbocycles. The first-order valence-electron chi connectivity index (χ1n) is 12.2. The van der Waals surface area contributed by atoms with Crippen molar-refractivity contribution in [2.45, 2.75) is 69.7 Å². The van der Waals surface area contributed by atoms with E-state index >= 15 is 0 Å². The Hall–Kier alpha value is -2.92. The quantitative estimate of drug-likeness (QED) is 0.551. The number of nitrogens with zero attached hydrogens (tertiary/aromatic N) is 2. The molecule has 1 aromatic heterocycles. The molecule has 1 amide bonds. The molecule has 5 nitrogen and oxygen atoms in total. The Kier molecular flexibility index (Phi) is 5.30. The summed E-state index contributed by atoms with van der Waals surface area (Å²) in [6.45, 7) is 2.85. The molecule has 5 heteroatoms. The van der Waals surface area contributed by atoms with E-state index in [9.17, 15) is 4.79 Å². The molecule has 0 unspecified atom stereocenters. The van der Waals surface area contributed by atoms with Crippen LogP contribution in [0.5, 0.6) is 5.75 Å². The first-order valence-corrected chi connectivity index (χ1v) is 12.2. The van der Waals surface area contributed by atoms with Crippen molar-refractivity contribution in [2.24, 2.45) is 0 Å². The van der Waals surface area contributed by atoms with E-state index < -0.39 is 0 Å². The summed E-state index contributed by atoms with van der Waals surface area (Å²) in [5.41, 5.74) is 4.62. The Balaban J connectivity index is 1.14. The third-order valence-electron chi connectivity index (χ3n) is 7.65. The SMILES string of the molecule is Cc1c(-c2ccc(O[C@H]3C[C@H]4CC[C@@H](C3)N4C(=O)[C@H]3CCCO3)cc2)ccc2cccnc12. The molecule has 3 aliphatic rings. The van der Waals surface area contributed by atoms with E-state index in [1.807, 2.05) is 12.3 Å². The van der Waals surface area contributed by atoms with Gasteiger partial charge in [0, 0.05) is 43.1 Å². The molecule has 4 atom stereocenters. The zero-order chi connectivity index (χ0) is 22.4. The largest absolute Gasteiger partial charge is 0.490 e. The zero-order valence-electron chi connectivity index (χ0n) is 19.1. The van der Waals surface area contributed by atoms with Crippen molar-refractivity contribution in [1.29, 1.82) is 0 Å². The summed E-state index contributed by atoms with van der Waals surface area (Å²) in [6, 6.07) is 17.4. The van der Waals surface area contributed by atoms with E-state index in [0.717, 1.165) is 61.8 Å². The number of hydrogen-bond acceptors (Lipinski definition) is 4. The molecule has 3 saturated heterocycles. The molecular formula is C28H30N2O3. The van der Waals surface area contributed by atoms with Crippen LogP contribution in [0, 0.1) is 6.92 Å². The van der Waals surface area contributed by atoms with Gasteiger partial charge in [-0.05, 0) is 67.5 Å². The second kappa shape index (κ2) is 8.45. The maximum atomic E-state index is 13.0. The van der Waals surface area contributed by atoms with Crippen LogP contribution in [-0.2, 0) is 9.53 Å². The highest BCUT2D eigenvalue weighted by Crippen LogP contribution is 2.39. The van der Waals surface area contributed by atoms with Gasteiger partial charge in [0.05, 0.1) is 5.52 Å². The lowest BCUT2D eigenvalue weighted by molar-refractivity contribution is -0.147.